The molecule has 2 aromatic heterocycles. The number of pyridine rings is 1. The lowest BCUT2D eigenvalue weighted by atomic mass is 9.95. The first-order valence-corrected chi connectivity index (χ1v) is 11.4. The topological polar surface area (TPSA) is 168 Å². The Hall–Kier alpha value is -4.90. The Morgan fingerprint density at radius 2 is 1.97 bits per heavy atom. The second-order valence-electron chi connectivity index (χ2n) is 8.09. The molecule has 11 nitrogen and oxygen atoms in total. The summed E-state index contributed by atoms with van der Waals surface area (Å²) in [5, 5.41) is 18.4. The minimum Gasteiger partial charge on any atom is -0.478 e. The summed E-state index contributed by atoms with van der Waals surface area (Å²) in [4.78, 5) is 37.8. The van der Waals surface area contributed by atoms with E-state index in [0.717, 1.165) is 0 Å². The number of rotatable bonds is 5. The summed E-state index contributed by atoms with van der Waals surface area (Å²) in [5.74, 6) is -1.31. The van der Waals surface area contributed by atoms with Crippen LogP contribution in [0.5, 0.6) is 0 Å². The van der Waals surface area contributed by atoms with E-state index in [1.54, 1.807) is 49.4 Å². The van der Waals surface area contributed by atoms with Gasteiger partial charge in [-0.15, -0.1) is 0 Å². The van der Waals surface area contributed by atoms with E-state index in [1.165, 1.54) is 18.3 Å². The number of anilines is 3. The summed E-state index contributed by atoms with van der Waals surface area (Å²) in [5.41, 5.74) is 8.75. The molecule has 0 bridgehead atoms. The van der Waals surface area contributed by atoms with Crippen molar-refractivity contribution in [1.29, 1.82) is 0 Å². The molecule has 37 heavy (non-hydrogen) atoms. The van der Waals surface area contributed by atoms with Gasteiger partial charge in [0.05, 0.1) is 16.8 Å². The molecule has 1 atom stereocenters. The summed E-state index contributed by atoms with van der Waals surface area (Å²) < 4.78 is 5.74. The molecule has 186 valence electrons. The predicted molar refractivity (Wildman–Crippen MR) is 139 cm³/mol. The van der Waals surface area contributed by atoms with Crippen LogP contribution in [0.25, 0.3) is 11.1 Å². The number of carboxylic acid groups (broad SMARTS) is 1. The average molecular weight is 518 g/mol. The summed E-state index contributed by atoms with van der Waals surface area (Å²) in [7, 11) is 0. The lowest BCUT2D eigenvalue weighted by Gasteiger charge is -2.26. The molecule has 0 fully saturated rings. The maximum atomic E-state index is 13.4. The zero-order valence-electron chi connectivity index (χ0n) is 19.3. The Morgan fingerprint density at radius 1 is 1.16 bits per heavy atom. The van der Waals surface area contributed by atoms with Gasteiger partial charge in [0.15, 0.2) is 5.58 Å². The number of amides is 1. The maximum absolute atomic E-state index is 13.4. The van der Waals surface area contributed by atoms with E-state index in [2.05, 4.69) is 30.9 Å². The summed E-state index contributed by atoms with van der Waals surface area (Å²) in [6.45, 7) is 1.71. The fourth-order valence-corrected chi connectivity index (χ4v) is 4.14. The van der Waals surface area contributed by atoms with Crippen LogP contribution in [-0.2, 0) is 4.79 Å². The highest BCUT2D eigenvalue weighted by Gasteiger charge is 2.31. The molecule has 1 aliphatic rings. The number of carboxylic acids is 1. The van der Waals surface area contributed by atoms with Gasteiger partial charge >= 0.3 is 12.0 Å². The molecule has 6 N–H and O–H groups in total. The highest BCUT2D eigenvalue weighted by molar-refractivity contribution is 6.31. The molecule has 1 amide bonds. The molecular formula is C25H20ClN7O4. The van der Waals surface area contributed by atoms with Crippen LogP contribution in [0.4, 0.5) is 17.5 Å². The largest absolute Gasteiger partial charge is 0.478 e. The molecule has 0 saturated heterocycles. The number of benzene rings is 2. The number of para-hydroxylation sites is 1. The normalized spacial score (nSPS) is 15.2. The first-order chi connectivity index (χ1) is 17.8. The molecule has 1 aliphatic heterocycles. The first kappa shape index (κ1) is 23.8. The molecular weight excluding hydrogens is 498 g/mol. The SMILES string of the molecule is CC1=C(C(=O)Nc2cc(C(=O)O)ccn2)[C@@H](c2ccccc2Cl)N=C(Nc2nc3cccc(N)c3o2)N1. The van der Waals surface area contributed by atoms with Crippen LogP contribution in [0.15, 0.2) is 81.5 Å². The number of hydrogen-bond donors (Lipinski definition) is 5. The molecule has 3 heterocycles. The van der Waals surface area contributed by atoms with Gasteiger partial charge in [-0.05, 0) is 37.3 Å². The average Bonchev–Trinajstić information content (AvgIpc) is 3.28. The number of nitrogens with zero attached hydrogens (tertiary/aromatic N) is 3. The van der Waals surface area contributed by atoms with Crippen molar-refractivity contribution >= 4 is 58.1 Å². The van der Waals surface area contributed by atoms with Crippen molar-refractivity contribution in [2.75, 3.05) is 16.4 Å². The highest BCUT2D eigenvalue weighted by atomic mass is 35.5. The van der Waals surface area contributed by atoms with E-state index in [4.69, 9.17) is 21.8 Å². The number of aromatic carboxylic acids is 1. The van der Waals surface area contributed by atoms with Crippen LogP contribution in [0.2, 0.25) is 5.02 Å². The minimum atomic E-state index is -1.14. The third-order valence-corrected chi connectivity index (χ3v) is 5.95. The van der Waals surface area contributed by atoms with E-state index >= 15 is 0 Å². The Labute approximate surface area is 215 Å². The van der Waals surface area contributed by atoms with Crippen molar-refractivity contribution in [1.82, 2.24) is 15.3 Å². The van der Waals surface area contributed by atoms with Gasteiger partial charge in [-0.1, -0.05) is 35.9 Å². The minimum absolute atomic E-state index is 0.0103. The molecule has 2 aromatic carbocycles. The zero-order chi connectivity index (χ0) is 26.1. The van der Waals surface area contributed by atoms with Gasteiger partial charge in [-0.2, -0.15) is 4.98 Å². The number of halogens is 1. The Balaban J connectivity index is 1.49. The number of hydrogen-bond acceptors (Lipinski definition) is 9. The lowest BCUT2D eigenvalue weighted by molar-refractivity contribution is -0.113. The number of nitrogens with two attached hydrogens (primary N) is 1. The quantitative estimate of drug-likeness (QED) is 0.244. The molecule has 0 saturated carbocycles. The van der Waals surface area contributed by atoms with Crippen LogP contribution in [0.3, 0.4) is 0 Å². The molecule has 12 heteroatoms. The molecule has 0 spiro atoms. The van der Waals surface area contributed by atoms with Crippen LogP contribution in [0.1, 0.15) is 28.9 Å². The van der Waals surface area contributed by atoms with Crippen molar-refractivity contribution in [3.05, 3.63) is 88.2 Å². The second kappa shape index (κ2) is 9.63. The Morgan fingerprint density at radius 3 is 2.73 bits per heavy atom. The Bertz CT molecular complexity index is 1610. The van der Waals surface area contributed by atoms with E-state index in [1.807, 2.05) is 0 Å². The van der Waals surface area contributed by atoms with Crippen molar-refractivity contribution in [2.45, 2.75) is 13.0 Å². The third-order valence-electron chi connectivity index (χ3n) is 5.61. The monoisotopic (exact) mass is 517 g/mol. The number of nitrogen functional groups attached to an aromatic ring is 1. The van der Waals surface area contributed by atoms with Crippen molar-refractivity contribution < 1.29 is 19.1 Å². The summed E-state index contributed by atoms with van der Waals surface area (Å²) in [6, 6.07) is 14.2. The van der Waals surface area contributed by atoms with Gasteiger partial charge in [-0.25, -0.2) is 14.8 Å². The van der Waals surface area contributed by atoms with Crippen molar-refractivity contribution in [3.63, 3.8) is 0 Å². The number of nitrogens with one attached hydrogen (secondary N) is 3. The third kappa shape index (κ3) is 4.80. The highest BCUT2D eigenvalue weighted by Crippen LogP contribution is 2.35. The van der Waals surface area contributed by atoms with Gasteiger partial charge in [0, 0.05) is 22.5 Å². The van der Waals surface area contributed by atoms with Gasteiger partial charge in [0.2, 0.25) is 5.96 Å². The van der Waals surface area contributed by atoms with Crippen molar-refractivity contribution in [2.24, 2.45) is 4.99 Å². The number of guanidine groups is 1. The van der Waals surface area contributed by atoms with Crippen LogP contribution in [-0.4, -0.2) is 32.9 Å². The number of oxazole rings is 1. The van der Waals surface area contributed by atoms with Crippen molar-refractivity contribution in [3.8, 4) is 0 Å². The fourth-order valence-electron chi connectivity index (χ4n) is 3.90. The van der Waals surface area contributed by atoms with E-state index in [0.29, 0.717) is 33.1 Å². The van der Waals surface area contributed by atoms with Crippen LogP contribution < -0.4 is 21.7 Å². The second-order valence-corrected chi connectivity index (χ2v) is 8.50. The van der Waals surface area contributed by atoms with Crippen LogP contribution >= 0.6 is 11.6 Å². The maximum Gasteiger partial charge on any atom is 0.335 e. The molecule has 5 rings (SSSR count). The smallest absolute Gasteiger partial charge is 0.335 e. The summed E-state index contributed by atoms with van der Waals surface area (Å²) >= 11 is 6.48. The van der Waals surface area contributed by atoms with Gasteiger partial charge < -0.3 is 25.9 Å². The first-order valence-electron chi connectivity index (χ1n) is 11.0. The predicted octanol–water partition coefficient (Wildman–Crippen LogP) is 4.18. The molecule has 4 aromatic rings. The summed E-state index contributed by atoms with van der Waals surface area (Å²) in [6.07, 6.45) is 1.30. The number of fused-ring (bicyclic) bond motifs is 1. The molecule has 0 aliphatic carbocycles. The molecule has 0 unspecified atom stereocenters. The standard InChI is InChI=1S/C25H20ClN7O4/c1-12-19(22(34)31-18-11-13(23(35)36)9-10-28-18)20(14-5-2-3-6-15(14)26)32-24(29-12)33-25-30-17-8-4-7-16(27)21(17)37-25/h2-11,20H,27H2,1H3,(H,35,36)(H,28,31,34)(H2,29,30,32,33)/t20-/m1/s1. The van der Waals surface area contributed by atoms with E-state index in [-0.39, 0.29) is 28.9 Å². The zero-order valence-corrected chi connectivity index (χ0v) is 20.1. The number of carbonyl (C=O) groups is 2. The Kier molecular flexibility index (Phi) is 6.20. The van der Waals surface area contributed by atoms with Gasteiger partial charge in [-0.3, -0.25) is 10.1 Å². The van der Waals surface area contributed by atoms with E-state index < -0.39 is 17.9 Å². The fraction of sp³-hybridized carbons (Fsp3) is 0.0800. The number of aliphatic imine (C=N–C) groups is 1. The van der Waals surface area contributed by atoms with E-state index in [9.17, 15) is 14.7 Å². The lowest BCUT2D eigenvalue weighted by Crippen LogP contribution is -2.37. The number of aromatic nitrogens is 2. The van der Waals surface area contributed by atoms with Crippen LogP contribution in [0, 0.1) is 0 Å². The van der Waals surface area contributed by atoms with Gasteiger partial charge in [0.25, 0.3) is 5.91 Å². The number of carbonyl (C=O) groups excluding carboxylic acids is 1. The number of allylic oxidation sites excluding steroid dienone is 1. The molecule has 0 radical (unpaired) electrons. The van der Waals surface area contributed by atoms with Gasteiger partial charge in [0.1, 0.15) is 17.4 Å².